The molecule has 4 rings (SSSR count). The highest BCUT2D eigenvalue weighted by atomic mass is 35.5. The molecule has 0 radical (unpaired) electrons. The highest BCUT2D eigenvalue weighted by Gasteiger charge is 2.35. The summed E-state index contributed by atoms with van der Waals surface area (Å²) in [5.74, 6) is -0.970. The highest BCUT2D eigenvalue weighted by molar-refractivity contribution is 7.92. The van der Waals surface area contributed by atoms with Crippen molar-refractivity contribution in [3.63, 3.8) is 0 Å². The summed E-state index contributed by atoms with van der Waals surface area (Å²) in [5, 5.41) is 3.49. The smallest absolute Gasteiger partial charge is 0.264 e. The van der Waals surface area contributed by atoms with Gasteiger partial charge >= 0.3 is 0 Å². The highest BCUT2D eigenvalue weighted by Crippen LogP contribution is 2.29. The molecule has 0 saturated heterocycles. The Morgan fingerprint density at radius 2 is 1.43 bits per heavy atom. The van der Waals surface area contributed by atoms with Gasteiger partial charge in [0.1, 0.15) is 12.6 Å². The molecule has 0 unspecified atom stereocenters. The molecule has 10 heteroatoms. The zero-order chi connectivity index (χ0) is 31.9. The number of anilines is 1. The number of rotatable bonds is 12. The lowest BCUT2D eigenvalue weighted by atomic mass is 10.0. The molecule has 0 aliphatic carbocycles. The lowest BCUT2D eigenvalue weighted by Gasteiger charge is -2.34. The van der Waals surface area contributed by atoms with Crippen LogP contribution in [0.4, 0.5) is 5.69 Å². The summed E-state index contributed by atoms with van der Waals surface area (Å²) in [6.45, 7) is 5.27. The van der Waals surface area contributed by atoms with Crippen LogP contribution in [0.2, 0.25) is 10.0 Å². The third-order valence-electron chi connectivity index (χ3n) is 7.40. The lowest BCUT2D eigenvalue weighted by molar-refractivity contribution is -0.140. The number of likely N-dealkylation sites (N-methyl/N-ethyl adjacent to an activating group) is 1. The molecule has 2 amide bonds. The number of nitrogens with one attached hydrogen (secondary N) is 1. The Morgan fingerprint density at radius 1 is 0.818 bits per heavy atom. The van der Waals surface area contributed by atoms with Gasteiger partial charge in [-0.15, -0.1) is 0 Å². The molecule has 0 spiro atoms. The van der Waals surface area contributed by atoms with Crippen LogP contribution in [0.25, 0.3) is 0 Å². The Balaban J connectivity index is 1.84. The summed E-state index contributed by atoms with van der Waals surface area (Å²) in [7, 11) is -4.18. The first-order valence-corrected chi connectivity index (χ1v) is 16.4. The number of nitrogens with zero attached hydrogens (tertiary/aromatic N) is 2. The molecule has 4 aromatic carbocycles. The quantitative estimate of drug-likeness (QED) is 0.187. The van der Waals surface area contributed by atoms with Crippen LogP contribution in [-0.2, 0) is 32.6 Å². The standard InChI is InChI=1S/C34H35Cl2N3O4S/c1-4-37-34(41)32(21-26-12-7-5-8-13-26)38(22-29-30(35)16-11-17-31(29)36)33(40)23-39(27-19-18-24(2)25(3)20-27)44(42,43)28-14-9-6-10-15-28/h5-20,32H,4,21-23H2,1-3H3,(H,37,41)/t32-/m0/s1. The number of hydrogen-bond acceptors (Lipinski definition) is 4. The number of benzene rings is 4. The zero-order valence-electron chi connectivity index (χ0n) is 24.8. The topological polar surface area (TPSA) is 86.8 Å². The van der Waals surface area contributed by atoms with Crippen molar-refractivity contribution < 1.29 is 18.0 Å². The van der Waals surface area contributed by atoms with Gasteiger partial charge in [-0.2, -0.15) is 0 Å². The van der Waals surface area contributed by atoms with Gasteiger partial charge in [-0.05, 0) is 73.9 Å². The summed E-state index contributed by atoms with van der Waals surface area (Å²) in [4.78, 5) is 29.5. The van der Waals surface area contributed by atoms with Crippen molar-refractivity contribution in [2.45, 2.75) is 44.7 Å². The van der Waals surface area contributed by atoms with Crippen LogP contribution in [0.5, 0.6) is 0 Å². The van der Waals surface area contributed by atoms with E-state index < -0.39 is 28.5 Å². The molecule has 7 nitrogen and oxygen atoms in total. The van der Waals surface area contributed by atoms with Gasteiger partial charge in [0.15, 0.2) is 0 Å². The molecule has 0 aliphatic heterocycles. The fraction of sp³-hybridized carbons (Fsp3) is 0.235. The molecular formula is C34H35Cl2N3O4S. The van der Waals surface area contributed by atoms with Crippen LogP contribution >= 0.6 is 23.2 Å². The fourth-order valence-corrected chi connectivity index (χ4v) is 6.77. The Bertz CT molecular complexity index is 1700. The Hall–Kier alpha value is -3.85. The SMILES string of the molecule is CCNC(=O)[C@H](Cc1ccccc1)N(Cc1c(Cl)cccc1Cl)C(=O)CN(c1ccc(C)c(C)c1)S(=O)(=O)c1ccccc1. The van der Waals surface area contributed by atoms with Crippen molar-refractivity contribution in [1.29, 1.82) is 0 Å². The summed E-state index contributed by atoms with van der Waals surface area (Å²) < 4.78 is 29.3. The number of aryl methyl sites for hydroxylation is 2. The molecule has 1 atom stereocenters. The van der Waals surface area contributed by atoms with Crippen molar-refractivity contribution >= 4 is 50.7 Å². The number of sulfonamides is 1. The number of carbonyl (C=O) groups is 2. The number of carbonyl (C=O) groups excluding carboxylic acids is 2. The third-order valence-corrected chi connectivity index (χ3v) is 9.90. The maximum Gasteiger partial charge on any atom is 0.264 e. The molecule has 0 aromatic heterocycles. The van der Waals surface area contributed by atoms with E-state index in [1.165, 1.54) is 17.0 Å². The van der Waals surface area contributed by atoms with Crippen LogP contribution in [0, 0.1) is 13.8 Å². The largest absolute Gasteiger partial charge is 0.355 e. The minimum absolute atomic E-state index is 0.0382. The van der Waals surface area contributed by atoms with E-state index in [9.17, 15) is 18.0 Å². The average molecular weight is 653 g/mol. The summed E-state index contributed by atoms with van der Waals surface area (Å²) in [6, 6.07) is 26.5. The predicted octanol–water partition coefficient (Wildman–Crippen LogP) is 6.58. The molecule has 1 N–H and O–H groups in total. The van der Waals surface area contributed by atoms with Gasteiger partial charge in [-0.1, -0.05) is 83.9 Å². The van der Waals surface area contributed by atoms with Crippen LogP contribution in [-0.4, -0.2) is 44.3 Å². The van der Waals surface area contributed by atoms with Gasteiger partial charge in [-0.3, -0.25) is 13.9 Å². The Kier molecular flexibility index (Phi) is 11.1. The van der Waals surface area contributed by atoms with E-state index in [1.54, 1.807) is 55.5 Å². The normalized spacial score (nSPS) is 11.9. The molecule has 0 saturated carbocycles. The zero-order valence-corrected chi connectivity index (χ0v) is 27.2. The second kappa shape index (κ2) is 14.8. The average Bonchev–Trinajstić information content (AvgIpc) is 3.01. The van der Waals surface area contributed by atoms with Crippen LogP contribution in [0.3, 0.4) is 0 Å². The van der Waals surface area contributed by atoms with Crippen LogP contribution in [0.1, 0.15) is 29.2 Å². The molecular weight excluding hydrogens is 617 g/mol. The van der Waals surface area contributed by atoms with Crippen molar-refractivity contribution in [3.8, 4) is 0 Å². The first-order valence-electron chi connectivity index (χ1n) is 14.2. The van der Waals surface area contributed by atoms with Crippen molar-refractivity contribution in [2.24, 2.45) is 0 Å². The predicted molar refractivity (Wildman–Crippen MR) is 177 cm³/mol. The van der Waals surface area contributed by atoms with E-state index in [4.69, 9.17) is 23.2 Å². The van der Waals surface area contributed by atoms with Crippen molar-refractivity contribution in [3.05, 3.63) is 129 Å². The first-order chi connectivity index (χ1) is 21.0. The van der Waals surface area contributed by atoms with E-state index >= 15 is 0 Å². The molecule has 0 aliphatic rings. The van der Waals surface area contributed by atoms with Gasteiger partial charge < -0.3 is 10.2 Å². The summed E-state index contributed by atoms with van der Waals surface area (Å²) in [6.07, 6.45) is 0.190. The third kappa shape index (κ3) is 7.80. The van der Waals surface area contributed by atoms with E-state index in [0.717, 1.165) is 21.0 Å². The van der Waals surface area contributed by atoms with E-state index in [-0.39, 0.29) is 23.8 Å². The molecule has 0 bridgehead atoms. The lowest BCUT2D eigenvalue weighted by Crippen LogP contribution is -2.53. The maximum absolute atomic E-state index is 14.5. The summed E-state index contributed by atoms with van der Waals surface area (Å²) in [5.41, 5.74) is 3.46. The molecule has 44 heavy (non-hydrogen) atoms. The minimum Gasteiger partial charge on any atom is -0.355 e. The molecule has 0 heterocycles. The van der Waals surface area contributed by atoms with Crippen molar-refractivity contribution in [1.82, 2.24) is 10.2 Å². The number of hydrogen-bond donors (Lipinski definition) is 1. The summed E-state index contributed by atoms with van der Waals surface area (Å²) >= 11 is 13.1. The monoisotopic (exact) mass is 651 g/mol. The maximum atomic E-state index is 14.5. The second-order valence-corrected chi connectivity index (χ2v) is 13.1. The van der Waals surface area contributed by atoms with E-state index in [1.807, 2.05) is 50.2 Å². The van der Waals surface area contributed by atoms with Crippen molar-refractivity contribution in [2.75, 3.05) is 17.4 Å². The Labute approximate surface area is 269 Å². The van der Waals surface area contributed by atoms with E-state index in [2.05, 4.69) is 5.32 Å². The molecule has 230 valence electrons. The number of halogens is 2. The second-order valence-electron chi connectivity index (χ2n) is 10.4. The van der Waals surface area contributed by atoms with Gasteiger partial charge in [0.25, 0.3) is 10.0 Å². The Morgan fingerprint density at radius 3 is 2.02 bits per heavy atom. The molecule has 4 aromatic rings. The number of amides is 2. The van der Waals surface area contributed by atoms with Gasteiger partial charge in [0.05, 0.1) is 10.6 Å². The van der Waals surface area contributed by atoms with Crippen LogP contribution < -0.4 is 9.62 Å². The minimum atomic E-state index is -4.18. The molecule has 0 fully saturated rings. The van der Waals surface area contributed by atoms with Crippen LogP contribution in [0.15, 0.2) is 102 Å². The van der Waals surface area contributed by atoms with Gasteiger partial charge in [-0.25, -0.2) is 8.42 Å². The van der Waals surface area contributed by atoms with E-state index in [0.29, 0.717) is 27.8 Å². The van der Waals surface area contributed by atoms with Gasteiger partial charge in [0, 0.05) is 35.1 Å². The van der Waals surface area contributed by atoms with Gasteiger partial charge in [0.2, 0.25) is 11.8 Å². The fourth-order valence-electron chi connectivity index (χ4n) is 4.83. The first kappa shape index (κ1) is 33.1.